The molecule has 0 aromatic carbocycles. The van der Waals surface area contributed by atoms with Gasteiger partial charge in [-0.25, -0.2) is 4.57 Å². The van der Waals surface area contributed by atoms with E-state index in [0.29, 0.717) is 23.9 Å². The molecule has 1 N–H and O–H groups in total. The van der Waals surface area contributed by atoms with Gasteiger partial charge in [-0.05, 0) is 116 Å². The van der Waals surface area contributed by atoms with Gasteiger partial charge >= 0.3 is 19.8 Å². The summed E-state index contributed by atoms with van der Waals surface area (Å²) in [7, 11) is 1.43. The number of rotatable bonds is 52. The summed E-state index contributed by atoms with van der Waals surface area (Å²) in [6, 6.07) is 0. The summed E-state index contributed by atoms with van der Waals surface area (Å²) < 4.78 is 34.5. The summed E-state index contributed by atoms with van der Waals surface area (Å²) in [4.78, 5) is 35.7. The molecule has 0 fully saturated rings. The fourth-order valence-electron chi connectivity index (χ4n) is 7.37. The van der Waals surface area contributed by atoms with Gasteiger partial charge in [-0.1, -0.05) is 224 Å². The van der Waals surface area contributed by atoms with E-state index >= 15 is 0 Å². The molecule has 0 bridgehead atoms. The summed E-state index contributed by atoms with van der Waals surface area (Å²) in [5.41, 5.74) is 0. The third-order valence-corrected chi connectivity index (χ3v) is 12.8. The Balaban J connectivity index is 4.21. The molecule has 0 aliphatic carbocycles. The van der Waals surface area contributed by atoms with Gasteiger partial charge in [0.15, 0.2) is 6.10 Å². The second-order valence-electron chi connectivity index (χ2n) is 20.3. The van der Waals surface area contributed by atoms with Crippen LogP contribution < -0.4 is 0 Å². The van der Waals surface area contributed by atoms with Crippen molar-refractivity contribution >= 4 is 19.8 Å². The summed E-state index contributed by atoms with van der Waals surface area (Å²) >= 11 is 0. The van der Waals surface area contributed by atoms with E-state index in [0.717, 1.165) is 122 Å². The minimum absolute atomic E-state index is 0.0174. The predicted octanol–water partition coefficient (Wildman–Crippen LogP) is 18.7. The number of phosphoric acid groups is 1. The first kappa shape index (κ1) is 71.9. The second kappa shape index (κ2) is 55.6. The largest absolute Gasteiger partial charge is 0.472 e. The Morgan fingerprint density at radius 2 is 0.711 bits per heavy atom. The summed E-state index contributed by atoms with van der Waals surface area (Å²) in [5, 5.41) is 0. The van der Waals surface area contributed by atoms with Crippen molar-refractivity contribution in [1.29, 1.82) is 0 Å². The molecule has 0 heterocycles. The van der Waals surface area contributed by atoms with Crippen LogP contribution in [0.25, 0.3) is 0 Å². The van der Waals surface area contributed by atoms with Crippen LogP contribution in [0.2, 0.25) is 0 Å². The smallest absolute Gasteiger partial charge is 0.462 e. The summed E-state index contributed by atoms with van der Waals surface area (Å²) in [6.45, 7) is 4.14. The Bertz CT molecular complexity index is 1790. The van der Waals surface area contributed by atoms with Gasteiger partial charge in [0.1, 0.15) is 19.8 Å². The zero-order valence-electron chi connectivity index (χ0n) is 48.7. The number of unbranched alkanes of at least 4 members (excludes halogenated alkanes) is 14. The number of nitrogens with zero attached hydrogens (tertiary/aromatic N) is 1. The van der Waals surface area contributed by atoms with Gasteiger partial charge in [-0.15, -0.1) is 0 Å². The molecule has 2 unspecified atom stereocenters. The lowest BCUT2D eigenvalue weighted by molar-refractivity contribution is -0.870. The van der Waals surface area contributed by atoms with E-state index in [-0.39, 0.29) is 26.1 Å². The van der Waals surface area contributed by atoms with E-state index in [1.807, 2.05) is 21.1 Å². The Labute approximate surface area is 465 Å². The SMILES string of the molecule is CC/C=C\C/C=C\C/C=C\C/C=C\C/C=C\C/C=C\C/C=C\CCCCCCCCCCCCCC(=O)OC(COC(=O)CCCCC/C=C\C/C=C\C/C=C\C/C=C\C/C=C\CC)COP(=O)(O)OCC[N+](C)(C)C. The maximum atomic E-state index is 12.8. The maximum Gasteiger partial charge on any atom is 0.472 e. The number of hydrogen-bond acceptors (Lipinski definition) is 7. The number of carbonyl (C=O) groups excluding carboxylic acids is 2. The molecule has 0 rings (SSSR count). The second-order valence-corrected chi connectivity index (χ2v) is 21.7. The van der Waals surface area contributed by atoms with Crippen molar-refractivity contribution in [2.45, 2.75) is 213 Å². The topological polar surface area (TPSA) is 108 Å². The number of ether oxygens (including phenoxy) is 2. The van der Waals surface area contributed by atoms with Crippen molar-refractivity contribution in [1.82, 2.24) is 0 Å². The first-order chi connectivity index (χ1) is 37.0. The van der Waals surface area contributed by atoms with Gasteiger partial charge in [-0.3, -0.25) is 18.6 Å². The molecule has 0 aliphatic heterocycles. The molecule has 0 aliphatic rings. The molecular formula is C66H109NO8P+. The first-order valence-corrected chi connectivity index (χ1v) is 31.1. The third-order valence-electron chi connectivity index (χ3n) is 11.9. The molecule has 0 spiro atoms. The molecule has 0 aromatic rings. The Kier molecular flexibility index (Phi) is 52.6. The fourth-order valence-corrected chi connectivity index (χ4v) is 8.12. The number of quaternary nitrogens is 1. The maximum absolute atomic E-state index is 12.8. The summed E-state index contributed by atoms with van der Waals surface area (Å²) in [5.74, 6) is -0.849. The van der Waals surface area contributed by atoms with Crippen molar-refractivity contribution < 1.29 is 42.1 Å². The average molecular weight is 1080 g/mol. The van der Waals surface area contributed by atoms with Crippen LogP contribution in [0.5, 0.6) is 0 Å². The van der Waals surface area contributed by atoms with Crippen LogP contribution in [-0.2, 0) is 32.7 Å². The predicted molar refractivity (Wildman–Crippen MR) is 325 cm³/mol. The Morgan fingerprint density at radius 3 is 1.07 bits per heavy atom. The lowest BCUT2D eigenvalue weighted by Crippen LogP contribution is -2.37. The van der Waals surface area contributed by atoms with Gasteiger partial charge in [0.2, 0.25) is 0 Å². The molecular weight excluding hydrogens is 966 g/mol. The van der Waals surface area contributed by atoms with Crippen LogP contribution >= 0.6 is 7.82 Å². The number of allylic oxidation sites excluding steroid dienone is 24. The van der Waals surface area contributed by atoms with Crippen molar-refractivity contribution in [3.05, 3.63) is 146 Å². The van der Waals surface area contributed by atoms with Gasteiger partial charge in [-0.2, -0.15) is 0 Å². The van der Waals surface area contributed by atoms with Crippen molar-refractivity contribution in [2.75, 3.05) is 47.5 Å². The Hall–Kier alpha value is -4.11. The molecule has 76 heavy (non-hydrogen) atoms. The number of esters is 2. The zero-order valence-corrected chi connectivity index (χ0v) is 49.6. The van der Waals surface area contributed by atoms with Crippen molar-refractivity contribution in [2.24, 2.45) is 0 Å². The standard InChI is InChI=1S/C66H108NO8P/c1-6-8-10-12-14-16-18-20-22-24-26-27-28-29-30-31-32-33-34-35-36-37-38-39-41-43-45-47-49-51-53-55-57-59-66(69)75-64(63-74-76(70,71)73-61-60-67(3,4)5)62-72-65(68)58-56-54-52-50-48-46-44-42-40-25-23-21-19-17-15-13-11-9-7-2/h8-11,14-17,20-23,26-27,29-30,32-33,35-36,40,42,46,48,64H,6-7,12-13,18-19,24-25,28,31,34,37-39,41,43-45,47,49-63H2,1-5H3/p+1/b10-8-,11-9-,16-14-,17-15-,22-20-,23-21-,27-26-,30-29-,33-32-,36-35-,42-40-,48-46-. The zero-order chi connectivity index (χ0) is 55.6. The lowest BCUT2D eigenvalue weighted by atomic mass is 10.0. The number of carbonyl (C=O) groups is 2. The fraction of sp³-hybridized carbons (Fsp3) is 0.606. The third kappa shape index (κ3) is 59.1. The molecule has 0 aromatic heterocycles. The van der Waals surface area contributed by atoms with Crippen molar-refractivity contribution in [3.63, 3.8) is 0 Å². The molecule has 2 atom stereocenters. The minimum Gasteiger partial charge on any atom is -0.462 e. The van der Waals surface area contributed by atoms with Crippen LogP contribution in [0.3, 0.4) is 0 Å². The highest BCUT2D eigenvalue weighted by molar-refractivity contribution is 7.47. The first-order valence-electron chi connectivity index (χ1n) is 29.6. The van der Waals surface area contributed by atoms with E-state index in [1.165, 1.54) is 44.9 Å². The molecule has 0 amide bonds. The number of hydrogen-bond donors (Lipinski definition) is 1. The van der Waals surface area contributed by atoms with Crippen LogP contribution in [0.15, 0.2) is 146 Å². The van der Waals surface area contributed by atoms with Crippen molar-refractivity contribution in [3.8, 4) is 0 Å². The molecule has 430 valence electrons. The van der Waals surface area contributed by atoms with Crippen LogP contribution in [0.1, 0.15) is 206 Å². The van der Waals surface area contributed by atoms with Gasteiger partial charge in [0.05, 0.1) is 27.7 Å². The van der Waals surface area contributed by atoms with E-state index in [2.05, 4.69) is 160 Å². The molecule has 0 radical (unpaired) electrons. The quantitative estimate of drug-likeness (QED) is 0.0211. The highest BCUT2D eigenvalue weighted by Crippen LogP contribution is 2.43. The molecule has 9 nitrogen and oxygen atoms in total. The number of phosphoric ester groups is 1. The van der Waals surface area contributed by atoms with E-state index in [4.69, 9.17) is 18.5 Å². The van der Waals surface area contributed by atoms with E-state index < -0.39 is 32.5 Å². The average Bonchev–Trinajstić information content (AvgIpc) is 3.38. The van der Waals surface area contributed by atoms with Gasteiger partial charge in [0.25, 0.3) is 0 Å². The Morgan fingerprint density at radius 1 is 0.408 bits per heavy atom. The number of likely N-dealkylation sites (N-methyl/N-ethyl adjacent to an activating group) is 1. The summed E-state index contributed by atoms with van der Waals surface area (Å²) in [6.07, 6.45) is 82.0. The highest BCUT2D eigenvalue weighted by Gasteiger charge is 2.27. The highest BCUT2D eigenvalue weighted by atomic mass is 31.2. The normalized spacial score (nSPS) is 14.3. The van der Waals surface area contributed by atoms with Crippen LogP contribution in [0.4, 0.5) is 0 Å². The van der Waals surface area contributed by atoms with Gasteiger partial charge < -0.3 is 18.9 Å². The van der Waals surface area contributed by atoms with Crippen LogP contribution in [0, 0.1) is 0 Å². The minimum atomic E-state index is -4.41. The van der Waals surface area contributed by atoms with E-state index in [1.54, 1.807) is 0 Å². The molecule has 10 heteroatoms. The monoisotopic (exact) mass is 1070 g/mol. The van der Waals surface area contributed by atoms with Crippen LogP contribution in [-0.4, -0.2) is 74.9 Å². The molecule has 0 saturated heterocycles. The molecule has 0 saturated carbocycles. The van der Waals surface area contributed by atoms with E-state index in [9.17, 15) is 19.0 Å². The van der Waals surface area contributed by atoms with Gasteiger partial charge in [0, 0.05) is 12.8 Å². The lowest BCUT2D eigenvalue weighted by Gasteiger charge is -2.24.